The lowest BCUT2D eigenvalue weighted by atomic mass is 10.1. The molecule has 1 saturated carbocycles. The highest BCUT2D eigenvalue weighted by Gasteiger charge is 2.43. The minimum absolute atomic E-state index is 0.0266. The summed E-state index contributed by atoms with van der Waals surface area (Å²) in [5.41, 5.74) is 2.71. The molecule has 0 aliphatic heterocycles. The van der Waals surface area contributed by atoms with Gasteiger partial charge in [-0.1, -0.05) is 59.6 Å². The topological polar surface area (TPSA) is 46.9 Å². The first-order chi connectivity index (χ1) is 12.6. The number of hydrogen-bond donors (Lipinski definition) is 1. The maximum atomic E-state index is 12.4. The summed E-state index contributed by atoms with van der Waals surface area (Å²) in [6.07, 6.45) is 4.32. The second kappa shape index (κ2) is 7.14. The van der Waals surface area contributed by atoms with Crippen molar-refractivity contribution >= 4 is 34.8 Å². The van der Waals surface area contributed by atoms with Gasteiger partial charge in [0.25, 0.3) is 0 Å². The predicted octanol–water partition coefficient (Wildman–Crippen LogP) is 4.98. The van der Waals surface area contributed by atoms with Gasteiger partial charge in [-0.15, -0.1) is 0 Å². The summed E-state index contributed by atoms with van der Waals surface area (Å²) >= 11 is 12.4. The molecule has 1 aliphatic rings. The number of hydrogen-bond acceptors (Lipinski definition) is 2. The van der Waals surface area contributed by atoms with Gasteiger partial charge < -0.3 is 5.32 Å². The van der Waals surface area contributed by atoms with Crippen LogP contribution in [-0.4, -0.2) is 15.7 Å². The summed E-state index contributed by atoms with van der Waals surface area (Å²) in [6.45, 7) is 0.449. The van der Waals surface area contributed by atoms with E-state index in [1.54, 1.807) is 29.2 Å². The van der Waals surface area contributed by atoms with Gasteiger partial charge in [-0.3, -0.25) is 9.48 Å². The van der Waals surface area contributed by atoms with Crippen molar-refractivity contribution in [2.45, 2.75) is 18.9 Å². The van der Waals surface area contributed by atoms with E-state index in [0.29, 0.717) is 28.2 Å². The standard InChI is InChI=1S/C20H17Cl2N3O/c21-18-7-4-8-19(22)17(18)12-25-11-14(10-23-25)24-20(26)16-9-15(16)13-5-2-1-3-6-13/h1-8,10-11,15-16H,9,12H2,(H,24,26). The van der Waals surface area contributed by atoms with E-state index in [4.69, 9.17) is 23.2 Å². The first kappa shape index (κ1) is 17.1. The number of amides is 1. The Hall–Kier alpha value is -2.30. The van der Waals surface area contributed by atoms with Crippen molar-refractivity contribution in [1.82, 2.24) is 9.78 Å². The molecule has 0 bridgehead atoms. The van der Waals surface area contributed by atoms with Crippen molar-refractivity contribution in [3.63, 3.8) is 0 Å². The molecule has 2 aromatic carbocycles. The Morgan fingerprint density at radius 2 is 1.85 bits per heavy atom. The van der Waals surface area contributed by atoms with Crippen LogP contribution in [0.5, 0.6) is 0 Å². The highest BCUT2D eigenvalue weighted by atomic mass is 35.5. The fourth-order valence-electron chi connectivity index (χ4n) is 3.15. The zero-order valence-electron chi connectivity index (χ0n) is 13.9. The first-order valence-electron chi connectivity index (χ1n) is 8.43. The molecule has 0 radical (unpaired) electrons. The number of anilines is 1. The zero-order valence-corrected chi connectivity index (χ0v) is 15.4. The number of aromatic nitrogens is 2. The normalized spacial score (nSPS) is 18.5. The van der Waals surface area contributed by atoms with E-state index in [0.717, 1.165) is 12.0 Å². The van der Waals surface area contributed by atoms with Crippen LogP contribution in [0.25, 0.3) is 0 Å². The average molecular weight is 386 g/mol. The smallest absolute Gasteiger partial charge is 0.228 e. The van der Waals surface area contributed by atoms with Crippen LogP contribution in [0.3, 0.4) is 0 Å². The highest BCUT2D eigenvalue weighted by Crippen LogP contribution is 2.47. The van der Waals surface area contributed by atoms with Gasteiger partial charge in [-0.05, 0) is 30.0 Å². The van der Waals surface area contributed by atoms with Crippen molar-refractivity contribution in [3.05, 3.63) is 82.1 Å². The Bertz CT molecular complexity index is 919. The minimum Gasteiger partial charge on any atom is -0.323 e. The maximum Gasteiger partial charge on any atom is 0.228 e. The Balaban J connectivity index is 1.39. The number of nitrogens with zero attached hydrogens (tertiary/aromatic N) is 2. The van der Waals surface area contributed by atoms with Gasteiger partial charge in [0, 0.05) is 27.7 Å². The van der Waals surface area contributed by atoms with E-state index in [1.807, 2.05) is 24.3 Å². The molecule has 0 spiro atoms. The number of carbonyl (C=O) groups excluding carboxylic acids is 1. The third kappa shape index (κ3) is 3.62. The molecule has 1 aliphatic carbocycles. The minimum atomic E-state index is 0.0266. The van der Waals surface area contributed by atoms with Crippen LogP contribution >= 0.6 is 23.2 Å². The number of rotatable bonds is 5. The molecule has 6 heteroatoms. The van der Waals surface area contributed by atoms with Gasteiger partial charge in [0.15, 0.2) is 0 Å². The van der Waals surface area contributed by atoms with E-state index in [2.05, 4.69) is 22.5 Å². The largest absolute Gasteiger partial charge is 0.323 e. The molecule has 1 N–H and O–H groups in total. The molecule has 4 nitrogen and oxygen atoms in total. The fraction of sp³-hybridized carbons (Fsp3) is 0.200. The second-order valence-electron chi connectivity index (χ2n) is 6.48. The summed E-state index contributed by atoms with van der Waals surface area (Å²) in [5.74, 6) is 0.376. The van der Waals surface area contributed by atoms with Gasteiger partial charge in [0.2, 0.25) is 5.91 Å². The van der Waals surface area contributed by atoms with E-state index in [9.17, 15) is 4.79 Å². The predicted molar refractivity (Wildman–Crippen MR) is 104 cm³/mol. The van der Waals surface area contributed by atoms with Crippen LogP contribution < -0.4 is 5.32 Å². The van der Waals surface area contributed by atoms with E-state index in [-0.39, 0.29) is 11.8 Å². The molecule has 3 aromatic rings. The molecule has 2 atom stereocenters. The third-order valence-electron chi connectivity index (χ3n) is 4.64. The monoisotopic (exact) mass is 385 g/mol. The second-order valence-corrected chi connectivity index (χ2v) is 7.29. The summed E-state index contributed by atoms with van der Waals surface area (Å²) < 4.78 is 1.71. The Morgan fingerprint density at radius 1 is 1.12 bits per heavy atom. The first-order valence-corrected chi connectivity index (χ1v) is 9.18. The maximum absolute atomic E-state index is 12.4. The summed E-state index contributed by atoms with van der Waals surface area (Å²) in [4.78, 5) is 12.4. The third-order valence-corrected chi connectivity index (χ3v) is 5.35. The average Bonchev–Trinajstić information content (AvgIpc) is 3.33. The van der Waals surface area contributed by atoms with Crippen LogP contribution in [-0.2, 0) is 11.3 Å². The highest BCUT2D eigenvalue weighted by molar-refractivity contribution is 6.35. The Morgan fingerprint density at radius 3 is 2.58 bits per heavy atom. The molecule has 26 heavy (non-hydrogen) atoms. The number of halogens is 2. The van der Waals surface area contributed by atoms with Gasteiger partial charge in [0.1, 0.15) is 0 Å². The van der Waals surface area contributed by atoms with E-state index >= 15 is 0 Å². The fourth-order valence-corrected chi connectivity index (χ4v) is 3.67. The van der Waals surface area contributed by atoms with Crippen molar-refractivity contribution in [2.24, 2.45) is 5.92 Å². The quantitative estimate of drug-likeness (QED) is 0.672. The van der Waals surface area contributed by atoms with Gasteiger partial charge in [-0.25, -0.2) is 0 Å². The molecular weight excluding hydrogens is 369 g/mol. The van der Waals surface area contributed by atoms with Gasteiger partial charge in [0.05, 0.1) is 18.4 Å². The molecule has 1 amide bonds. The van der Waals surface area contributed by atoms with Crippen LogP contribution in [0.2, 0.25) is 10.0 Å². The summed E-state index contributed by atoms with van der Waals surface area (Å²) in [6, 6.07) is 15.5. The van der Waals surface area contributed by atoms with Crippen molar-refractivity contribution in [1.29, 1.82) is 0 Å². The van der Waals surface area contributed by atoms with E-state index in [1.165, 1.54) is 5.56 Å². The summed E-state index contributed by atoms with van der Waals surface area (Å²) in [7, 11) is 0. The molecule has 132 valence electrons. The van der Waals surface area contributed by atoms with Crippen LogP contribution in [0, 0.1) is 5.92 Å². The zero-order chi connectivity index (χ0) is 18.1. The molecular formula is C20H17Cl2N3O. The lowest BCUT2D eigenvalue weighted by Crippen LogP contribution is -2.14. The number of nitrogens with one attached hydrogen (secondary N) is 1. The molecule has 1 fully saturated rings. The molecule has 2 unspecified atom stereocenters. The van der Waals surface area contributed by atoms with Crippen LogP contribution in [0.1, 0.15) is 23.5 Å². The molecule has 1 heterocycles. The number of carbonyl (C=O) groups is 1. The Labute approximate surface area is 161 Å². The van der Waals surface area contributed by atoms with Crippen LogP contribution in [0.15, 0.2) is 60.9 Å². The Kier molecular flexibility index (Phi) is 4.70. The molecule has 4 rings (SSSR count). The van der Waals surface area contributed by atoms with Gasteiger partial charge >= 0.3 is 0 Å². The molecule has 0 saturated heterocycles. The van der Waals surface area contributed by atoms with Gasteiger partial charge in [-0.2, -0.15) is 5.10 Å². The van der Waals surface area contributed by atoms with Crippen molar-refractivity contribution in [2.75, 3.05) is 5.32 Å². The van der Waals surface area contributed by atoms with Crippen molar-refractivity contribution < 1.29 is 4.79 Å². The lowest BCUT2D eigenvalue weighted by Gasteiger charge is -2.06. The van der Waals surface area contributed by atoms with E-state index < -0.39 is 0 Å². The number of benzene rings is 2. The molecule has 1 aromatic heterocycles. The lowest BCUT2D eigenvalue weighted by molar-refractivity contribution is -0.117. The van der Waals surface area contributed by atoms with Crippen molar-refractivity contribution in [3.8, 4) is 0 Å². The SMILES string of the molecule is O=C(Nc1cnn(Cc2c(Cl)cccc2Cl)c1)C1CC1c1ccccc1. The van der Waals surface area contributed by atoms with Crippen LogP contribution in [0.4, 0.5) is 5.69 Å². The summed E-state index contributed by atoms with van der Waals surface area (Å²) in [5, 5.41) is 8.44.